The van der Waals surface area contributed by atoms with Gasteiger partial charge in [-0.3, -0.25) is 24.3 Å². The van der Waals surface area contributed by atoms with Gasteiger partial charge in [-0.2, -0.15) is 0 Å². The van der Waals surface area contributed by atoms with Crippen molar-refractivity contribution in [3.8, 4) is 0 Å². The summed E-state index contributed by atoms with van der Waals surface area (Å²) >= 11 is 0. The smallest absolute Gasteiger partial charge is 0.277 e. The first-order valence-electron chi connectivity index (χ1n) is 11.6. The Morgan fingerprint density at radius 2 is 1.53 bits per heavy atom. The molecule has 0 unspecified atom stereocenters. The summed E-state index contributed by atoms with van der Waals surface area (Å²) in [6, 6.07) is 5.99. The van der Waals surface area contributed by atoms with Gasteiger partial charge < -0.3 is 14.7 Å². The Hall–Kier alpha value is -2.26. The molecule has 2 amide bonds. The van der Waals surface area contributed by atoms with Gasteiger partial charge in [0.15, 0.2) is 0 Å². The van der Waals surface area contributed by atoms with Gasteiger partial charge in [-0.25, -0.2) is 0 Å². The van der Waals surface area contributed by atoms with Crippen LogP contribution in [0.4, 0.5) is 0 Å². The van der Waals surface area contributed by atoms with Gasteiger partial charge in [-0.05, 0) is 30.5 Å². The van der Waals surface area contributed by atoms with Crippen LogP contribution in [0.15, 0.2) is 23.9 Å². The molecule has 0 saturated carbocycles. The molecule has 0 spiro atoms. The third-order valence-corrected chi connectivity index (χ3v) is 6.79. The summed E-state index contributed by atoms with van der Waals surface area (Å²) < 4.78 is 5.41. The molecule has 4 rings (SSSR count). The number of β-amino-alcohol motifs (C(OH)–C–C–N with tert-alkyl or cyclic N) is 1. The minimum absolute atomic E-state index is 0.128. The van der Waals surface area contributed by atoms with Gasteiger partial charge in [0.25, 0.3) is 11.8 Å². The number of aliphatic hydroxyl groups is 1. The Morgan fingerprint density at radius 1 is 0.844 bits per heavy atom. The number of ether oxygens (including phenoxy) is 1. The molecule has 8 heteroatoms. The van der Waals surface area contributed by atoms with Gasteiger partial charge in [-0.15, -0.1) is 0 Å². The number of aryl methyl sites for hydroxylation is 2. The number of carbonyl (C=O) groups excluding carboxylic acids is 2. The predicted octanol–water partition coefficient (Wildman–Crippen LogP) is 0.325. The number of amides is 2. The van der Waals surface area contributed by atoms with Crippen LogP contribution in [-0.2, 0) is 14.3 Å². The van der Waals surface area contributed by atoms with E-state index < -0.39 is 0 Å². The molecule has 0 bridgehead atoms. The first-order chi connectivity index (χ1) is 15.5. The zero-order valence-corrected chi connectivity index (χ0v) is 19.2. The molecule has 0 radical (unpaired) electrons. The molecule has 0 aromatic heterocycles. The molecular formula is C24H34N4O4. The predicted molar refractivity (Wildman–Crippen MR) is 122 cm³/mol. The molecule has 2 fully saturated rings. The van der Waals surface area contributed by atoms with E-state index in [1.165, 1.54) is 4.90 Å². The fourth-order valence-corrected chi connectivity index (χ4v) is 4.62. The van der Waals surface area contributed by atoms with Crippen molar-refractivity contribution in [1.82, 2.24) is 19.6 Å². The summed E-state index contributed by atoms with van der Waals surface area (Å²) in [5.41, 5.74) is 4.14. The number of hydrogen-bond donors (Lipinski definition) is 1. The molecule has 2 saturated heterocycles. The number of nitrogens with zero attached hydrogens (tertiary/aromatic N) is 4. The number of hydrogen-bond acceptors (Lipinski definition) is 7. The number of carbonyl (C=O) groups is 2. The lowest BCUT2D eigenvalue weighted by Gasteiger charge is -2.36. The highest BCUT2D eigenvalue weighted by molar-refractivity contribution is 6.35. The maximum Gasteiger partial charge on any atom is 0.277 e. The van der Waals surface area contributed by atoms with E-state index in [2.05, 4.69) is 14.7 Å². The van der Waals surface area contributed by atoms with Gasteiger partial charge in [0.05, 0.1) is 25.4 Å². The van der Waals surface area contributed by atoms with Crippen LogP contribution >= 0.6 is 0 Å². The van der Waals surface area contributed by atoms with Crippen molar-refractivity contribution in [1.29, 1.82) is 0 Å². The van der Waals surface area contributed by atoms with E-state index >= 15 is 0 Å². The van der Waals surface area contributed by atoms with Gasteiger partial charge in [0, 0.05) is 58.9 Å². The summed E-state index contributed by atoms with van der Waals surface area (Å²) in [7, 11) is 0. The van der Waals surface area contributed by atoms with E-state index in [-0.39, 0.29) is 18.4 Å². The highest BCUT2D eigenvalue weighted by Crippen LogP contribution is 2.33. The largest absolute Gasteiger partial charge is 0.395 e. The zero-order chi connectivity index (χ0) is 22.7. The van der Waals surface area contributed by atoms with Crippen LogP contribution in [0, 0.1) is 13.8 Å². The first kappa shape index (κ1) is 22.9. The lowest BCUT2D eigenvalue weighted by Crippen LogP contribution is -2.48. The van der Waals surface area contributed by atoms with E-state index in [0.29, 0.717) is 57.2 Å². The van der Waals surface area contributed by atoms with E-state index in [0.717, 1.165) is 42.9 Å². The highest BCUT2D eigenvalue weighted by Gasteiger charge is 2.42. The summed E-state index contributed by atoms with van der Waals surface area (Å²) in [6.45, 7) is 11.8. The first-order valence-corrected chi connectivity index (χ1v) is 11.6. The molecule has 1 aromatic carbocycles. The fraction of sp³-hybridized carbons (Fsp3) is 0.583. The summed E-state index contributed by atoms with van der Waals surface area (Å²) in [5, 5.41) is 9.23. The molecule has 0 aliphatic carbocycles. The fourth-order valence-electron chi connectivity index (χ4n) is 4.62. The summed E-state index contributed by atoms with van der Waals surface area (Å²) in [6.07, 6.45) is 0. The maximum atomic E-state index is 13.5. The van der Waals surface area contributed by atoms with E-state index in [9.17, 15) is 14.7 Å². The monoisotopic (exact) mass is 442 g/mol. The molecule has 3 aliphatic heterocycles. The SMILES string of the molecule is Cc1ccc(C2=C(N3CCN(CCO)CC3)C(=O)N(CCN3CCOCC3)C2=O)cc1C. The lowest BCUT2D eigenvalue weighted by atomic mass is 9.99. The lowest BCUT2D eigenvalue weighted by molar-refractivity contribution is -0.138. The Kier molecular flexibility index (Phi) is 7.25. The third kappa shape index (κ3) is 4.73. The zero-order valence-electron chi connectivity index (χ0n) is 19.2. The minimum Gasteiger partial charge on any atom is -0.395 e. The molecule has 3 aliphatic rings. The van der Waals surface area contributed by atoms with Crippen molar-refractivity contribution >= 4 is 17.4 Å². The second kappa shape index (κ2) is 10.1. The average molecular weight is 443 g/mol. The Balaban J connectivity index is 1.59. The topological polar surface area (TPSA) is 76.6 Å². The van der Waals surface area contributed by atoms with E-state index in [1.54, 1.807) is 0 Å². The molecule has 174 valence electrons. The molecular weight excluding hydrogens is 408 g/mol. The van der Waals surface area contributed by atoms with Gasteiger partial charge in [0.1, 0.15) is 5.70 Å². The van der Waals surface area contributed by atoms with Crippen molar-refractivity contribution < 1.29 is 19.4 Å². The Morgan fingerprint density at radius 3 is 2.19 bits per heavy atom. The minimum atomic E-state index is -0.195. The van der Waals surface area contributed by atoms with Crippen LogP contribution in [0.5, 0.6) is 0 Å². The third-order valence-electron chi connectivity index (χ3n) is 6.79. The second-order valence-corrected chi connectivity index (χ2v) is 8.79. The maximum absolute atomic E-state index is 13.5. The van der Waals surface area contributed by atoms with Crippen LogP contribution in [0.2, 0.25) is 0 Å². The number of imide groups is 1. The normalized spacial score (nSPS) is 21.2. The van der Waals surface area contributed by atoms with Crippen LogP contribution in [0.25, 0.3) is 5.57 Å². The quantitative estimate of drug-likeness (QED) is 0.610. The van der Waals surface area contributed by atoms with Crippen molar-refractivity contribution in [2.75, 3.05) is 78.7 Å². The molecule has 1 aromatic rings. The van der Waals surface area contributed by atoms with E-state index in [4.69, 9.17) is 4.74 Å². The number of morpholine rings is 1. The molecule has 8 nitrogen and oxygen atoms in total. The second-order valence-electron chi connectivity index (χ2n) is 8.79. The summed E-state index contributed by atoms with van der Waals surface area (Å²) in [4.78, 5) is 35.0. The van der Waals surface area contributed by atoms with Crippen molar-refractivity contribution in [2.45, 2.75) is 13.8 Å². The van der Waals surface area contributed by atoms with Gasteiger partial charge in [-0.1, -0.05) is 18.2 Å². The Bertz CT molecular complexity index is 886. The standard InChI is InChI=1S/C24H34N4O4/c1-18-3-4-20(17-19(18)2)21-22(27-8-5-25(6-9-27)11-14-29)24(31)28(23(21)30)10-7-26-12-15-32-16-13-26/h3-4,17,29H,5-16H2,1-2H3. The van der Waals surface area contributed by atoms with Crippen LogP contribution in [0.1, 0.15) is 16.7 Å². The molecule has 0 atom stereocenters. The molecule has 3 heterocycles. The number of aliphatic hydroxyl groups excluding tert-OH is 1. The van der Waals surface area contributed by atoms with Crippen molar-refractivity contribution in [3.63, 3.8) is 0 Å². The van der Waals surface area contributed by atoms with Crippen LogP contribution in [-0.4, -0.2) is 115 Å². The van der Waals surface area contributed by atoms with Crippen molar-refractivity contribution in [2.24, 2.45) is 0 Å². The number of benzene rings is 1. The van der Waals surface area contributed by atoms with Crippen LogP contribution < -0.4 is 0 Å². The van der Waals surface area contributed by atoms with Crippen molar-refractivity contribution in [3.05, 3.63) is 40.6 Å². The van der Waals surface area contributed by atoms with Gasteiger partial charge >= 0.3 is 0 Å². The average Bonchev–Trinajstić information content (AvgIpc) is 3.05. The van der Waals surface area contributed by atoms with Crippen LogP contribution in [0.3, 0.4) is 0 Å². The molecule has 32 heavy (non-hydrogen) atoms. The number of rotatable bonds is 7. The highest BCUT2D eigenvalue weighted by atomic mass is 16.5. The summed E-state index contributed by atoms with van der Waals surface area (Å²) in [5.74, 6) is -0.383. The number of piperazine rings is 1. The van der Waals surface area contributed by atoms with E-state index in [1.807, 2.05) is 32.0 Å². The van der Waals surface area contributed by atoms with Gasteiger partial charge in [0.2, 0.25) is 0 Å². The molecule has 1 N–H and O–H groups in total. The Labute approximate surface area is 190 Å².